The summed E-state index contributed by atoms with van der Waals surface area (Å²) in [5.74, 6) is -3.20. The molecule has 0 aromatic heterocycles. The molecule has 2 atom stereocenters. The number of rotatable bonds is 4. The molecule has 2 unspecified atom stereocenters. The van der Waals surface area contributed by atoms with Crippen LogP contribution in [0.4, 0.5) is 0 Å². The lowest BCUT2D eigenvalue weighted by Crippen LogP contribution is -2.34. The normalized spacial score (nSPS) is 15.5. The van der Waals surface area contributed by atoms with Crippen molar-refractivity contribution in [3.63, 3.8) is 0 Å². The van der Waals surface area contributed by atoms with Gasteiger partial charge < -0.3 is 15.3 Å². The van der Waals surface area contributed by atoms with E-state index in [1.807, 2.05) is 0 Å². The molecule has 0 radical (unpaired) electrons. The number of hydrogen-bond donors (Lipinski definition) is 3. The summed E-state index contributed by atoms with van der Waals surface area (Å²) in [6.45, 7) is 0.503. The van der Waals surface area contributed by atoms with Gasteiger partial charge >= 0.3 is 5.97 Å². The minimum absolute atomic E-state index is 0.681. The van der Waals surface area contributed by atoms with Crippen molar-refractivity contribution in [3.05, 3.63) is 0 Å². The van der Waals surface area contributed by atoms with E-state index in [2.05, 4.69) is 0 Å². The summed E-state index contributed by atoms with van der Waals surface area (Å²) < 4.78 is 0. The molecule has 0 heterocycles. The van der Waals surface area contributed by atoms with Crippen LogP contribution in [-0.4, -0.2) is 39.8 Å². The fraction of sp³-hybridized carbons (Fsp3) is 0.667. The quantitative estimate of drug-likeness (QED) is 0.474. The van der Waals surface area contributed by atoms with Crippen molar-refractivity contribution >= 4 is 11.8 Å². The van der Waals surface area contributed by atoms with Gasteiger partial charge in [0.15, 0.2) is 11.9 Å². The summed E-state index contributed by atoms with van der Waals surface area (Å²) in [5.41, 5.74) is 0. The van der Waals surface area contributed by atoms with Crippen molar-refractivity contribution in [2.45, 2.75) is 13.0 Å². The zero-order chi connectivity index (χ0) is 9.02. The molecule has 0 saturated carbocycles. The third-order valence-electron chi connectivity index (χ3n) is 1.39. The van der Waals surface area contributed by atoms with E-state index >= 15 is 0 Å². The average Bonchev–Trinajstić information content (AvgIpc) is 2.00. The first-order valence-electron chi connectivity index (χ1n) is 3.05. The molecule has 0 aromatic rings. The number of ketones is 1. The van der Waals surface area contributed by atoms with E-state index in [4.69, 9.17) is 15.3 Å². The van der Waals surface area contributed by atoms with Gasteiger partial charge in [-0.15, -0.1) is 0 Å². The fourth-order valence-electron chi connectivity index (χ4n) is 0.534. The molecule has 0 saturated heterocycles. The molecule has 0 spiro atoms. The van der Waals surface area contributed by atoms with E-state index in [1.165, 1.54) is 6.92 Å². The third kappa shape index (κ3) is 2.65. The molecule has 11 heavy (non-hydrogen) atoms. The summed E-state index contributed by atoms with van der Waals surface area (Å²) in [4.78, 5) is 20.7. The Bertz CT molecular complexity index is 164. The lowest BCUT2D eigenvalue weighted by Gasteiger charge is -2.11. The first-order valence-corrected chi connectivity index (χ1v) is 3.05. The highest BCUT2D eigenvalue weighted by Crippen LogP contribution is 2.03. The number of carbonyl (C=O) groups excluding carboxylic acids is 1. The van der Waals surface area contributed by atoms with Crippen molar-refractivity contribution in [1.29, 1.82) is 0 Å². The van der Waals surface area contributed by atoms with E-state index in [1.54, 1.807) is 0 Å². The summed E-state index contributed by atoms with van der Waals surface area (Å²) >= 11 is 0. The van der Waals surface area contributed by atoms with Crippen LogP contribution in [0, 0.1) is 5.92 Å². The molecule has 0 amide bonds. The monoisotopic (exact) mass is 162 g/mol. The van der Waals surface area contributed by atoms with E-state index < -0.39 is 30.4 Å². The van der Waals surface area contributed by atoms with E-state index in [0.29, 0.717) is 0 Å². The van der Waals surface area contributed by atoms with E-state index in [-0.39, 0.29) is 0 Å². The fourth-order valence-corrected chi connectivity index (χ4v) is 0.534. The lowest BCUT2D eigenvalue weighted by molar-refractivity contribution is -0.152. The van der Waals surface area contributed by atoms with Crippen LogP contribution in [0.25, 0.3) is 0 Å². The second-order valence-electron chi connectivity index (χ2n) is 2.20. The highest BCUT2D eigenvalue weighted by atomic mass is 16.4. The maximum atomic E-state index is 10.6. The SMILES string of the molecule is CC(C(=O)CO)C(O)C(=O)O. The van der Waals surface area contributed by atoms with Crippen LogP contribution in [0.3, 0.4) is 0 Å². The van der Waals surface area contributed by atoms with E-state index in [9.17, 15) is 9.59 Å². The number of aliphatic hydroxyl groups excluding tert-OH is 2. The average molecular weight is 162 g/mol. The number of carboxylic acid groups (broad SMARTS) is 1. The van der Waals surface area contributed by atoms with Crippen molar-refractivity contribution in [1.82, 2.24) is 0 Å². The Kier molecular flexibility index (Phi) is 3.70. The predicted molar refractivity (Wildman–Crippen MR) is 34.9 cm³/mol. The standard InChI is InChI=1S/C6H10O5/c1-3(4(8)2-7)5(9)6(10)11/h3,5,7,9H,2H2,1H3,(H,10,11). The molecule has 0 rings (SSSR count). The summed E-state index contributed by atoms with van der Waals surface area (Å²) in [6, 6.07) is 0. The maximum absolute atomic E-state index is 10.6. The van der Waals surface area contributed by atoms with Crippen LogP contribution >= 0.6 is 0 Å². The molecule has 64 valence electrons. The van der Waals surface area contributed by atoms with E-state index in [0.717, 1.165) is 0 Å². The number of carboxylic acids is 1. The van der Waals surface area contributed by atoms with Crippen LogP contribution < -0.4 is 0 Å². The van der Waals surface area contributed by atoms with Gasteiger partial charge in [0.25, 0.3) is 0 Å². The smallest absolute Gasteiger partial charge is 0.333 e. The predicted octanol–water partition coefficient (Wildman–Crippen LogP) is -1.37. The Morgan fingerprint density at radius 3 is 2.18 bits per heavy atom. The second-order valence-corrected chi connectivity index (χ2v) is 2.20. The van der Waals surface area contributed by atoms with Gasteiger partial charge in [0.05, 0.1) is 5.92 Å². The van der Waals surface area contributed by atoms with Crippen molar-refractivity contribution < 1.29 is 24.9 Å². The first kappa shape index (κ1) is 10.1. The Morgan fingerprint density at radius 2 is 1.91 bits per heavy atom. The molecular formula is C6H10O5. The molecule has 3 N–H and O–H groups in total. The Hall–Kier alpha value is -0.940. The molecule has 0 aliphatic carbocycles. The van der Waals surface area contributed by atoms with Crippen molar-refractivity contribution in [3.8, 4) is 0 Å². The second kappa shape index (κ2) is 4.05. The van der Waals surface area contributed by atoms with Crippen LogP contribution in [0.15, 0.2) is 0 Å². The summed E-state index contributed by atoms with van der Waals surface area (Å²) in [7, 11) is 0. The van der Waals surface area contributed by atoms with Gasteiger partial charge in [0, 0.05) is 0 Å². The van der Waals surface area contributed by atoms with Gasteiger partial charge in [-0.1, -0.05) is 6.92 Å². The zero-order valence-electron chi connectivity index (χ0n) is 6.02. The van der Waals surface area contributed by atoms with Crippen LogP contribution in [0.5, 0.6) is 0 Å². The highest BCUT2D eigenvalue weighted by Gasteiger charge is 2.26. The van der Waals surface area contributed by atoms with Crippen molar-refractivity contribution in [2.75, 3.05) is 6.61 Å². The van der Waals surface area contributed by atoms with Gasteiger partial charge in [-0.25, -0.2) is 4.79 Å². The number of hydrogen-bond acceptors (Lipinski definition) is 4. The van der Waals surface area contributed by atoms with Crippen LogP contribution in [0.2, 0.25) is 0 Å². The molecule has 0 aromatic carbocycles. The van der Waals surface area contributed by atoms with Gasteiger partial charge in [-0.05, 0) is 0 Å². The first-order chi connectivity index (χ1) is 5.00. The molecule has 5 nitrogen and oxygen atoms in total. The zero-order valence-corrected chi connectivity index (χ0v) is 6.02. The van der Waals surface area contributed by atoms with Gasteiger partial charge in [0.2, 0.25) is 0 Å². The Balaban J connectivity index is 4.12. The maximum Gasteiger partial charge on any atom is 0.333 e. The summed E-state index contributed by atoms with van der Waals surface area (Å²) in [5, 5.41) is 25.3. The minimum atomic E-state index is -1.73. The molecule has 0 aliphatic heterocycles. The van der Waals surface area contributed by atoms with Crippen LogP contribution in [0.1, 0.15) is 6.92 Å². The largest absolute Gasteiger partial charge is 0.479 e. The Labute approximate surface area is 63.3 Å². The topological polar surface area (TPSA) is 94.8 Å². The minimum Gasteiger partial charge on any atom is -0.479 e. The number of Topliss-reactive ketones (excluding diaryl/α,β-unsaturated/α-hetero) is 1. The molecule has 0 aliphatic rings. The highest BCUT2D eigenvalue weighted by molar-refractivity contribution is 5.87. The molecule has 0 bridgehead atoms. The van der Waals surface area contributed by atoms with Gasteiger partial charge in [0.1, 0.15) is 6.61 Å². The number of carbonyl (C=O) groups is 2. The van der Waals surface area contributed by atoms with Gasteiger partial charge in [-0.3, -0.25) is 4.79 Å². The molecule has 0 fully saturated rings. The van der Waals surface area contributed by atoms with Crippen LogP contribution in [-0.2, 0) is 9.59 Å². The molecular weight excluding hydrogens is 152 g/mol. The third-order valence-corrected chi connectivity index (χ3v) is 1.39. The molecule has 5 heteroatoms. The number of aliphatic carboxylic acids is 1. The number of aliphatic hydroxyl groups is 2. The lowest BCUT2D eigenvalue weighted by atomic mass is 10.0. The van der Waals surface area contributed by atoms with Gasteiger partial charge in [-0.2, -0.15) is 0 Å². The van der Waals surface area contributed by atoms with Crippen molar-refractivity contribution in [2.24, 2.45) is 5.92 Å². The summed E-state index contributed by atoms with van der Waals surface area (Å²) in [6.07, 6.45) is -1.73. The Morgan fingerprint density at radius 1 is 1.45 bits per heavy atom.